The molecular weight excluding hydrogens is 396 g/mol. The third-order valence-electron chi connectivity index (χ3n) is 4.67. The smallest absolute Gasteiger partial charge is 0.251 e. The third-order valence-corrected chi connectivity index (χ3v) is 7.51. The summed E-state index contributed by atoms with van der Waals surface area (Å²) in [7, 11) is -3.64. The van der Waals surface area contributed by atoms with E-state index in [4.69, 9.17) is 4.74 Å². The van der Waals surface area contributed by atoms with Crippen LogP contribution in [0.2, 0.25) is 0 Å². The molecule has 1 N–H and O–H groups in total. The van der Waals surface area contributed by atoms with Gasteiger partial charge in [-0.25, -0.2) is 8.42 Å². The van der Waals surface area contributed by atoms with Crippen molar-refractivity contribution in [3.05, 3.63) is 52.2 Å². The predicted molar refractivity (Wildman–Crippen MR) is 110 cm³/mol. The molecule has 0 aliphatic carbocycles. The molecule has 152 valence electrons. The molecule has 1 saturated heterocycles. The molecule has 8 heteroatoms. The number of hydrogen-bond acceptors (Lipinski definition) is 5. The van der Waals surface area contributed by atoms with Gasteiger partial charge in [0.05, 0.1) is 24.2 Å². The topological polar surface area (TPSA) is 75.7 Å². The molecule has 6 nitrogen and oxygen atoms in total. The highest BCUT2D eigenvalue weighted by molar-refractivity contribution is 7.89. The maximum atomic E-state index is 12.9. The molecule has 1 aliphatic heterocycles. The van der Waals surface area contributed by atoms with Crippen LogP contribution >= 0.6 is 11.3 Å². The average Bonchev–Trinajstić information content (AvgIpc) is 3.20. The largest absolute Gasteiger partial charge is 0.379 e. The van der Waals surface area contributed by atoms with Crippen LogP contribution in [0.4, 0.5) is 0 Å². The van der Waals surface area contributed by atoms with Crippen molar-refractivity contribution in [3.8, 4) is 0 Å². The highest BCUT2D eigenvalue weighted by Crippen LogP contribution is 2.35. The molecule has 3 rings (SSSR count). The van der Waals surface area contributed by atoms with E-state index < -0.39 is 10.0 Å². The van der Waals surface area contributed by atoms with Crippen LogP contribution in [0.3, 0.4) is 0 Å². The third kappa shape index (κ3) is 4.63. The van der Waals surface area contributed by atoms with Crippen molar-refractivity contribution in [1.82, 2.24) is 9.62 Å². The first-order valence-electron chi connectivity index (χ1n) is 9.22. The molecule has 1 fully saturated rings. The van der Waals surface area contributed by atoms with Gasteiger partial charge in [0.15, 0.2) is 0 Å². The van der Waals surface area contributed by atoms with Gasteiger partial charge in [0, 0.05) is 23.5 Å². The SMILES string of the molecule is CC(C)(C)C(NC(=O)c1cccc(S(=O)(=O)N2CCOCC2)c1)c1cccs1. The fraction of sp³-hybridized carbons (Fsp3) is 0.450. The summed E-state index contributed by atoms with van der Waals surface area (Å²) in [5.41, 5.74) is 0.151. The minimum atomic E-state index is -3.64. The molecule has 1 aliphatic rings. The number of benzene rings is 1. The normalized spacial score (nSPS) is 17.2. The molecule has 1 unspecified atom stereocenters. The number of carbonyl (C=O) groups is 1. The van der Waals surface area contributed by atoms with E-state index in [9.17, 15) is 13.2 Å². The van der Waals surface area contributed by atoms with Gasteiger partial charge in [0.1, 0.15) is 0 Å². The van der Waals surface area contributed by atoms with Crippen LogP contribution in [0.5, 0.6) is 0 Å². The number of nitrogens with one attached hydrogen (secondary N) is 1. The summed E-state index contributed by atoms with van der Waals surface area (Å²) in [6.45, 7) is 7.61. The van der Waals surface area contributed by atoms with E-state index in [2.05, 4.69) is 26.1 Å². The van der Waals surface area contributed by atoms with E-state index in [1.165, 1.54) is 16.4 Å². The Kier molecular flexibility index (Phi) is 6.24. The van der Waals surface area contributed by atoms with Crippen LogP contribution < -0.4 is 5.32 Å². The van der Waals surface area contributed by atoms with Gasteiger partial charge in [0.25, 0.3) is 5.91 Å². The highest BCUT2D eigenvalue weighted by Gasteiger charge is 2.30. The Morgan fingerprint density at radius 3 is 2.50 bits per heavy atom. The Morgan fingerprint density at radius 2 is 1.89 bits per heavy atom. The fourth-order valence-corrected chi connectivity index (χ4v) is 5.59. The van der Waals surface area contributed by atoms with Crippen LogP contribution in [-0.4, -0.2) is 44.9 Å². The minimum absolute atomic E-state index is 0.130. The standard InChI is InChI=1S/C20H26N2O4S2/c1-20(2,3)18(17-8-5-13-27-17)21-19(23)15-6-4-7-16(14-15)28(24,25)22-9-11-26-12-10-22/h4-8,13-14,18H,9-12H2,1-3H3,(H,21,23). The number of nitrogens with zero attached hydrogens (tertiary/aromatic N) is 1. The van der Waals surface area contributed by atoms with Gasteiger partial charge >= 0.3 is 0 Å². The molecule has 1 atom stereocenters. The maximum Gasteiger partial charge on any atom is 0.251 e. The van der Waals surface area contributed by atoms with Gasteiger partial charge < -0.3 is 10.1 Å². The molecule has 28 heavy (non-hydrogen) atoms. The van der Waals surface area contributed by atoms with Crippen molar-refractivity contribution in [2.75, 3.05) is 26.3 Å². The fourth-order valence-electron chi connectivity index (χ4n) is 3.12. The first-order chi connectivity index (χ1) is 13.2. The van der Waals surface area contributed by atoms with Gasteiger partial charge in [-0.05, 0) is 35.1 Å². The zero-order valence-corrected chi connectivity index (χ0v) is 18.0. The molecule has 1 amide bonds. The highest BCUT2D eigenvalue weighted by atomic mass is 32.2. The Balaban J connectivity index is 1.84. The maximum absolute atomic E-state index is 12.9. The monoisotopic (exact) mass is 422 g/mol. The van der Waals surface area contributed by atoms with Gasteiger partial charge in [0.2, 0.25) is 10.0 Å². The van der Waals surface area contributed by atoms with Crippen molar-refractivity contribution in [2.24, 2.45) is 5.41 Å². The summed E-state index contributed by atoms with van der Waals surface area (Å²) in [6.07, 6.45) is 0. The van der Waals surface area contributed by atoms with E-state index in [-0.39, 0.29) is 22.3 Å². The van der Waals surface area contributed by atoms with Crippen LogP contribution in [0.25, 0.3) is 0 Å². The Morgan fingerprint density at radius 1 is 1.18 bits per heavy atom. The van der Waals surface area contributed by atoms with E-state index in [0.29, 0.717) is 31.9 Å². The molecule has 0 radical (unpaired) electrons. The zero-order chi connectivity index (χ0) is 20.4. The second-order valence-electron chi connectivity index (χ2n) is 7.83. The lowest BCUT2D eigenvalue weighted by Crippen LogP contribution is -2.40. The number of carbonyl (C=O) groups excluding carboxylic acids is 1. The lowest BCUT2D eigenvalue weighted by molar-refractivity contribution is 0.0730. The van der Waals surface area contributed by atoms with Gasteiger partial charge in [-0.1, -0.05) is 32.9 Å². The number of sulfonamides is 1. The quantitative estimate of drug-likeness (QED) is 0.802. The molecule has 0 bridgehead atoms. The van der Waals surface area contributed by atoms with Gasteiger partial charge in [-0.2, -0.15) is 4.31 Å². The summed E-state index contributed by atoms with van der Waals surface area (Å²) < 4.78 is 32.4. The Hall–Kier alpha value is -1.74. The first-order valence-corrected chi connectivity index (χ1v) is 11.5. The van der Waals surface area contributed by atoms with Crippen molar-refractivity contribution >= 4 is 27.3 Å². The molecule has 1 aromatic carbocycles. The van der Waals surface area contributed by atoms with E-state index in [1.54, 1.807) is 23.5 Å². The molecular formula is C20H26N2O4S2. The van der Waals surface area contributed by atoms with Crippen molar-refractivity contribution in [2.45, 2.75) is 31.7 Å². The van der Waals surface area contributed by atoms with E-state index >= 15 is 0 Å². The molecule has 0 spiro atoms. The summed E-state index contributed by atoms with van der Waals surface area (Å²) in [6, 6.07) is 10.0. The number of amides is 1. The number of morpholine rings is 1. The van der Waals surface area contributed by atoms with Crippen molar-refractivity contribution < 1.29 is 17.9 Å². The summed E-state index contributed by atoms with van der Waals surface area (Å²) >= 11 is 1.59. The van der Waals surface area contributed by atoms with E-state index in [1.807, 2.05) is 17.5 Å². The van der Waals surface area contributed by atoms with E-state index in [0.717, 1.165) is 4.88 Å². The van der Waals surface area contributed by atoms with Crippen LogP contribution in [0.15, 0.2) is 46.7 Å². The predicted octanol–water partition coefficient (Wildman–Crippen LogP) is 3.29. The lowest BCUT2D eigenvalue weighted by atomic mass is 9.85. The molecule has 2 aromatic rings. The number of ether oxygens (including phenoxy) is 1. The average molecular weight is 423 g/mol. The molecule has 1 aromatic heterocycles. The second kappa shape index (κ2) is 8.32. The van der Waals surface area contributed by atoms with Crippen LogP contribution in [0.1, 0.15) is 42.0 Å². The van der Waals surface area contributed by atoms with Gasteiger partial charge in [-0.3, -0.25) is 4.79 Å². The molecule has 0 saturated carbocycles. The minimum Gasteiger partial charge on any atom is -0.379 e. The number of rotatable bonds is 5. The van der Waals surface area contributed by atoms with Crippen LogP contribution in [0, 0.1) is 5.41 Å². The van der Waals surface area contributed by atoms with Crippen molar-refractivity contribution in [1.29, 1.82) is 0 Å². The van der Waals surface area contributed by atoms with Gasteiger partial charge in [-0.15, -0.1) is 11.3 Å². The molecule has 2 heterocycles. The Labute approximate surface area is 170 Å². The number of thiophene rings is 1. The summed E-state index contributed by atoms with van der Waals surface area (Å²) in [4.78, 5) is 14.1. The summed E-state index contributed by atoms with van der Waals surface area (Å²) in [5, 5.41) is 5.06. The summed E-state index contributed by atoms with van der Waals surface area (Å²) in [5.74, 6) is -0.285. The van der Waals surface area contributed by atoms with Crippen molar-refractivity contribution in [3.63, 3.8) is 0 Å². The second-order valence-corrected chi connectivity index (χ2v) is 10.7. The number of hydrogen-bond donors (Lipinski definition) is 1. The lowest BCUT2D eigenvalue weighted by Gasteiger charge is -2.31. The Bertz CT molecular complexity index is 912. The zero-order valence-electron chi connectivity index (χ0n) is 16.3. The first kappa shape index (κ1) is 21.0. The van der Waals surface area contributed by atoms with Crippen LogP contribution in [-0.2, 0) is 14.8 Å².